The van der Waals surface area contributed by atoms with Crippen molar-refractivity contribution in [1.82, 2.24) is 30.1 Å². The molecule has 2 N–H and O–H groups in total. The Morgan fingerprint density at radius 1 is 1.04 bits per heavy atom. The highest BCUT2D eigenvalue weighted by Gasteiger charge is 2.73. The Morgan fingerprint density at radius 3 is 2.64 bits per heavy atom. The van der Waals surface area contributed by atoms with E-state index >= 15 is 0 Å². The Labute approximate surface area is 288 Å². The topological polar surface area (TPSA) is 165 Å². The van der Waals surface area contributed by atoms with Crippen LogP contribution in [-0.4, -0.2) is 111 Å². The molecule has 1 aromatic heterocycles. The van der Waals surface area contributed by atoms with E-state index in [1.165, 1.54) is 12.0 Å². The summed E-state index contributed by atoms with van der Waals surface area (Å²) in [5.74, 6) is -3.90. The number of fused-ring (bicyclic) bond motifs is 3. The van der Waals surface area contributed by atoms with E-state index in [0.29, 0.717) is 17.5 Å². The molecule has 3 aromatic rings. The average molecular weight is 685 g/mol. The molecular weight excluding hydrogens is 644 g/mol. The third kappa shape index (κ3) is 5.97. The fourth-order valence-corrected chi connectivity index (χ4v) is 7.70. The van der Waals surface area contributed by atoms with Crippen molar-refractivity contribution in [2.75, 3.05) is 33.4 Å². The summed E-state index contributed by atoms with van der Waals surface area (Å²) in [5, 5.41) is 21.3. The second-order valence-electron chi connectivity index (χ2n) is 13.0. The van der Waals surface area contributed by atoms with Crippen LogP contribution in [0, 0.1) is 11.8 Å². The van der Waals surface area contributed by atoms with E-state index in [9.17, 15) is 24.3 Å². The first-order chi connectivity index (χ1) is 24.4. The summed E-state index contributed by atoms with van der Waals surface area (Å²) in [6.45, 7) is 0.0884. The van der Waals surface area contributed by atoms with Gasteiger partial charge in [-0.15, -0.1) is 5.10 Å². The normalized spacial score (nSPS) is 30.5. The van der Waals surface area contributed by atoms with Crippen LogP contribution in [-0.2, 0) is 40.1 Å². The first-order valence-electron chi connectivity index (χ1n) is 16.9. The molecule has 1 spiro atoms. The third-order valence-electron chi connectivity index (χ3n) is 9.93. The Hall–Kier alpha value is -4.92. The highest BCUT2D eigenvalue weighted by molar-refractivity contribution is 5.99. The maximum Gasteiger partial charge on any atom is 0.313 e. The van der Waals surface area contributed by atoms with Crippen molar-refractivity contribution in [2.45, 2.75) is 55.8 Å². The first-order valence-corrected chi connectivity index (χ1v) is 16.9. The molecule has 5 bridgehead atoms. The standard InChI is InChI=1S/C36H40N6O8/c1-48-21-25-31(23-11-4-2-5-12-23)49-35(47)29-27-16-17-36(50-27)30(29)33(45)41(19-10-20-43)32(36)34(46)40(18-9-3-6-15-28(44)37-25)22-42-26-14-8-7-13-24(26)38-39-42/h2-5,7-9,11-14,16-17,25,27,29-32,43H,6,10,15,18-22H2,1H3,(H,37,44)/b9-3-/t25-,27+,29-,30-,31-,32+,36-/m0/s1. The van der Waals surface area contributed by atoms with E-state index in [-0.39, 0.29) is 51.7 Å². The monoisotopic (exact) mass is 684 g/mol. The molecule has 7 atom stereocenters. The number of allylic oxidation sites excluding steroid dienone is 1. The van der Waals surface area contributed by atoms with Gasteiger partial charge in [0, 0.05) is 33.2 Å². The van der Waals surface area contributed by atoms with Gasteiger partial charge < -0.3 is 34.4 Å². The minimum Gasteiger partial charge on any atom is -0.455 e. The van der Waals surface area contributed by atoms with Crippen molar-refractivity contribution in [1.29, 1.82) is 0 Å². The number of rotatable bonds is 8. The van der Waals surface area contributed by atoms with Crippen molar-refractivity contribution < 1.29 is 38.5 Å². The largest absolute Gasteiger partial charge is 0.455 e. The molecule has 2 saturated heterocycles. The molecule has 14 nitrogen and oxygen atoms in total. The predicted octanol–water partition coefficient (Wildman–Crippen LogP) is 1.52. The average Bonchev–Trinajstić information content (AvgIpc) is 3.88. The summed E-state index contributed by atoms with van der Waals surface area (Å²) >= 11 is 0. The molecule has 5 heterocycles. The Kier molecular flexibility index (Phi) is 9.49. The molecule has 50 heavy (non-hydrogen) atoms. The van der Waals surface area contributed by atoms with Crippen LogP contribution in [0.1, 0.15) is 30.9 Å². The Balaban J connectivity index is 1.30. The zero-order valence-corrected chi connectivity index (χ0v) is 27.7. The van der Waals surface area contributed by atoms with Gasteiger partial charge in [0.2, 0.25) is 11.8 Å². The predicted molar refractivity (Wildman–Crippen MR) is 178 cm³/mol. The molecule has 4 aliphatic heterocycles. The number of hydrogen-bond donors (Lipinski definition) is 2. The lowest BCUT2D eigenvalue weighted by Crippen LogP contribution is -2.56. The zero-order valence-electron chi connectivity index (χ0n) is 27.7. The number of carbonyl (C=O) groups excluding carboxylic acids is 4. The van der Waals surface area contributed by atoms with Crippen LogP contribution >= 0.6 is 0 Å². The van der Waals surface area contributed by atoms with E-state index in [0.717, 1.165) is 5.52 Å². The van der Waals surface area contributed by atoms with Gasteiger partial charge in [-0.2, -0.15) is 0 Å². The number of aliphatic hydroxyl groups excluding tert-OH is 1. The van der Waals surface area contributed by atoms with Crippen LogP contribution < -0.4 is 5.32 Å². The summed E-state index contributed by atoms with van der Waals surface area (Å²) in [6.07, 6.45) is 6.09. The van der Waals surface area contributed by atoms with Crippen LogP contribution in [0.5, 0.6) is 0 Å². The molecule has 7 rings (SSSR count). The molecule has 0 saturated carbocycles. The molecule has 4 aliphatic rings. The summed E-state index contributed by atoms with van der Waals surface area (Å²) in [4.78, 5) is 59.8. The van der Waals surface area contributed by atoms with E-state index in [4.69, 9.17) is 14.2 Å². The number of esters is 1. The summed E-state index contributed by atoms with van der Waals surface area (Å²) < 4.78 is 19.9. The highest BCUT2D eigenvalue weighted by Crippen LogP contribution is 2.56. The number of carbonyl (C=O) groups is 4. The van der Waals surface area contributed by atoms with Gasteiger partial charge in [0.05, 0.1) is 30.2 Å². The first kappa shape index (κ1) is 33.6. The number of ether oxygens (including phenoxy) is 3. The van der Waals surface area contributed by atoms with Gasteiger partial charge in [-0.05, 0) is 30.5 Å². The molecule has 14 heteroatoms. The highest BCUT2D eigenvalue weighted by atomic mass is 16.6. The number of cyclic esters (lactones) is 1. The van der Waals surface area contributed by atoms with E-state index < -0.39 is 59.5 Å². The lowest BCUT2D eigenvalue weighted by molar-refractivity contribution is -0.162. The summed E-state index contributed by atoms with van der Waals surface area (Å²) in [6, 6.07) is 14.6. The zero-order chi connectivity index (χ0) is 34.8. The van der Waals surface area contributed by atoms with E-state index in [2.05, 4.69) is 15.6 Å². The van der Waals surface area contributed by atoms with Crippen molar-refractivity contribution >= 4 is 34.7 Å². The van der Waals surface area contributed by atoms with Crippen LogP contribution in [0.4, 0.5) is 0 Å². The van der Waals surface area contributed by atoms with Gasteiger partial charge in [0.25, 0.3) is 5.91 Å². The number of hydrogen-bond acceptors (Lipinski definition) is 10. The molecular formula is C36H40N6O8. The second-order valence-corrected chi connectivity index (χ2v) is 13.0. The van der Waals surface area contributed by atoms with Crippen LogP contribution in [0.15, 0.2) is 78.9 Å². The van der Waals surface area contributed by atoms with Crippen LogP contribution in [0.25, 0.3) is 11.0 Å². The number of likely N-dealkylation sites (tertiary alicyclic amines) is 1. The number of nitrogens with one attached hydrogen (secondary N) is 1. The van der Waals surface area contributed by atoms with Crippen LogP contribution in [0.3, 0.4) is 0 Å². The molecule has 0 unspecified atom stereocenters. The smallest absolute Gasteiger partial charge is 0.313 e. The lowest BCUT2D eigenvalue weighted by atomic mass is 9.74. The number of methoxy groups -OCH3 is 1. The van der Waals surface area contributed by atoms with Crippen molar-refractivity contribution in [2.24, 2.45) is 11.8 Å². The lowest BCUT2D eigenvalue weighted by Gasteiger charge is -2.35. The Bertz CT molecular complexity index is 1810. The second kappa shape index (κ2) is 14.1. The van der Waals surface area contributed by atoms with Gasteiger partial charge in [0.15, 0.2) is 0 Å². The Morgan fingerprint density at radius 2 is 1.84 bits per heavy atom. The molecule has 2 fully saturated rings. The molecule has 3 amide bonds. The number of aliphatic hydroxyl groups is 1. The fourth-order valence-electron chi connectivity index (χ4n) is 7.70. The van der Waals surface area contributed by atoms with Crippen molar-refractivity contribution in [3.63, 3.8) is 0 Å². The number of aromatic nitrogens is 3. The van der Waals surface area contributed by atoms with Crippen molar-refractivity contribution in [3.05, 3.63) is 84.5 Å². The minimum atomic E-state index is -1.44. The van der Waals surface area contributed by atoms with Gasteiger partial charge in [-0.1, -0.05) is 72.0 Å². The van der Waals surface area contributed by atoms with Gasteiger partial charge >= 0.3 is 5.97 Å². The number of amides is 3. The molecule has 0 aliphatic carbocycles. The SMILES string of the molecule is COC[C@@H]1NC(=O)CC/C=C\CN(Cn2nnc3ccccc32)C(=O)[C@H]2N(CCCO)C(=O)[C@@H]3[C@@H](C(=O)O[C@H]1c1ccccc1)[C@H]1C=C[C@]32O1. The van der Waals surface area contributed by atoms with Crippen LogP contribution in [0.2, 0.25) is 0 Å². The minimum absolute atomic E-state index is 0.0134. The fraction of sp³-hybridized carbons (Fsp3) is 0.444. The molecule has 262 valence electrons. The number of nitrogens with zero attached hydrogens (tertiary/aromatic N) is 5. The number of benzene rings is 2. The quantitative estimate of drug-likeness (QED) is 0.263. The summed E-state index contributed by atoms with van der Waals surface area (Å²) in [5.41, 5.74) is 0.580. The van der Waals surface area contributed by atoms with Gasteiger partial charge in [-0.25, -0.2) is 4.68 Å². The number of para-hydroxylation sites is 1. The third-order valence-corrected chi connectivity index (χ3v) is 9.93. The van der Waals surface area contributed by atoms with Gasteiger partial charge in [0.1, 0.15) is 35.9 Å². The van der Waals surface area contributed by atoms with E-state index in [1.807, 2.05) is 54.6 Å². The maximum absolute atomic E-state index is 14.9. The maximum atomic E-state index is 14.9. The van der Waals surface area contributed by atoms with Crippen molar-refractivity contribution in [3.8, 4) is 0 Å². The molecule has 2 aromatic carbocycles. The van der Waals surface area contributed by atoms with Gasteiger partial charge in [-0.3, -0.25) is 19.2 Å². The molecule has 0 radical (unpaired) electrons. The summed E-state index contributed by atoms with van der Waals surface area (Å²) in [7, 11) is 1.50. The van der Waals surface area contributed by atoms with E-state index in [1.54, 1.807) is 33.9 Å².